The van der Waals surface area contributed by atoms with Gasteiger partial charge in [-0.3, -0.25) is 0 Å². The summed E-state index contributed by atoms with van der Waals surface area (Å²) in [6.45, 7) is 9.54. The number of rotatable bonds is 3. The maximum Gasteiger partial charge on any atom is 0.492 e. The lowest BCUT2D eigenvalue weighted by Crippen LogP contribution is -2.41. The molecule has 1 aromatic heterocycles. The van der Waals surface area contributed by atoms with Crippen molar-refractivity contribution >= 4 is 12.9 Å². The summed E-state index contributed by atoms with van der Waals surface area (Å²) in [6, 6.07) is 2.23. The first-order valence-corrected chi connectivity index (χ1v) is 8.35. The minimum atomic E-state index is -0.281. The largest absolute Gasteiger partial charge is 0.492 e. The summed E-state index contributed by atoms with van der Waals surface area (Å²) in [5.41, 5.74) is 1.95. The van der Waals surface area contributed by atoms with Gasteiger partial charge in [-0.25, -0.2) is 0 Å². The number of nitrogens with zero attached hydrogens (tertiary/aromatic N) is 1. The molecule has 4 nitrogen and oxygen atoms in total. The first-order chi connectivity index (χ1) is 10.4. The molecule has 0 atom stereocenters. The Bertz CT molecular complexity index is 613. The van der Waals surface area contributed by atoms with Crippen LogP contribution in [-0.2, 0) is 22.3 Å². The molecule has 5 heteroatoms. The van der Waals surface area contributed by atoms with Gasteiger partial charge in [0.05, 0.1) is 11.2 Å². The van der Waals surface area contributed by atoms with Gasteiger partial charge in [0.25, 0.3) is 0 Å². The monoisotopic (exact) mass is 300 g/mol. The van der Waals surface area contributed by atoms with Gasteiger partial charge in [0.15, 0.2) is 0 Å². The Kier molecular flexibility index (Phi) is 3.04. The zero-order chi connectivity index (χ0) is 15.5. The van der Waals surface area contributed by atoms with Crippen LogP contribution in [0.1, 0.15) is 46.1 Å². The summed E-state index contributed by atoms with van der Waals surface area (Å²) >= 11 is 0. The van der Waals surface area contributed by atoms with E-state index in [0.717, 1.165) is 18.9 Å². The Morgan fingerprint density at radius 2 is 1.91 bits per heavy atom. The van der Waals surface area contributed by atoms with E-state index in [4.69, 9.17) is 9.31 Å². The molecule has 0 amide bonds. The fourth-order valence-electron chi connectivity index (χ4n) is 3.14. The number of hydrogen-bond donors (Lipinski definition) is 1. The summed E-state index contributed by atoms with van der Waals surface area (Å²) in [5.74, 6) is 2.12. The van der Waals surface area contributed by atoms with Crippen LogP contribution in [0, 0.1) is 5.92 Å². The third-order valence-electron chi connectivity index (χ3n) is 5.54. The molecule has 1 aliphatic carbocycles. The van der Waals surface area contributed by atoms with Gasteiger partial charge in [-0.05, 0) is 76.2 Å². The van der Waals surface area contributed by atoms with Crippen molar-refractivity contribution in [1.82, 2.24) is 4.57 Å². The van der Waals surface area contributed by atoms with E-state index >= 15 is 0 Å². The molecule has 0 radical (unpaired) electrons. The summed E-state index contributed by atoms with van der Waals surface area (Å²) in [5, 5.41) is 3.47. The van der Waals surface area contributed by atoms with Crippen LogP contribution in [0.25, 0.3) is 0 Å². The minimum Gasteiger partial charge on any atom is -0.400 e. The van der Waals surface area contributed by atoms with Crippen molar-refractivity contribution in [1.29, 1.82) is 0 Å². The lowest BCUT2D eigenvalue weighted by molar-refractivity contribution is 0.00578. The smallest absolute Gasteiger partial charge is 0.400 e. The van der Waals surface area contributed by atoms with Gasteiger partial charge in [0.1, 0.15) is 5.82 Å². The van der Waals surface area contributed by atoms with Crippen molar-refractivity contribution in [2.45, 2.75) is 64.7 Å². The highest BCUT2D eigenvalue weighted by Gasteiger charge is 2.52. The molecule has 0 aromatic carbocycles. The molecule has 2 fully saturated rings. The quantitative estimate of drug-likeness (QED) is 0.869. The first-order valence-electron chi connectivity index (χ1n) is 8.35. The third-order valence-corrected chi connectivity index (χ3v) is 5.54. The van der Waals surface area contributed by atoms with E-state index in [-0.39, 0.29) is 18.3 Å². The van der Waals surface area contributed by atoms with Gasteiger partial charge in [-0.15, -0.1) is 0 Å². The van der Waals surface area contributed by atoms with Gasteiger partial charge in [0, 0.05) is 12.7 Å². The molecule has 1 saturated heterocycles. The summed E-state index contributed by atoms with van der Waals surface area (Å²) < 4.78 is 14.7. The van der Waals surface area contributed by atoms with Crippen LogP contribution in [0.5, 0.6) is 0 Å². The molecule has 3 heterocycles. The van der Waals surface area contributed by atoms with E-state index in [1.807, 2.05) is 0 Å². The van der Waals surface area contributed by atoms with Crippen LogP contribution in [0.4, 0.5) is 5.82 Å². The highest BCUT2D eigenvalue weighted by molar-refractivity contribution is 6.54. The van der Waals surface area contributed by atoms with Gasteiger partial charge >= 0.3 is 7.12 Å². The van der Waals surface area contributed by atoms with Crippen molar-refractivity contribution in [3.8, 4) is 0 Å². The van der Waals surface area contributed by atoms with Gasteiger partial charge in [-0.1, -0.05) is 0 Å². The Morgan fingerprint density at radius 3 is 2.55 bits per heavy atom. The molecule has 3 aliphatic rings. The van der Waals surface area contributed by atoms with E-state index < -0.39 is 0 Å². The van der Waals surface area contributed by atoms with Crippen LogP contribution in [0.15, 0.2) is 23.9 Å². The second-order valence-corrected chi connectivity index (χ2v) is 7.91. The zero-order valence-electron chi connectivity index (χ0n) is 14.0. The van der Waals surface area contributed by atoms with Crippen molar-refractivity contribution in [3.63, 3.8) is 0 Å². The van der Waals surface area contributed by atoms with Crippen molar-refractivity contribution in [2.75, 3.05) is 5.32 Å². The predicted molar refractivity (Wildman–Crippen MR) is 88.6 cm³/mol. The van der Waals surface area contributed by atoms with Crippen LogP contribution in [0.2, 0.25) is 0 Å². The number of anilines is 1. The third kappa shape index (κ3) is 2.31. The maximum atomic E-state index is 6.16. The Morgan fingerprint density at radius 1 is 1.23 bits per heavy atom. The van der Waals surface area contributed by atoms with Crippen molar-refractivity contribution in [3.05, 3.63) is 29.5 Å². The average Bonchev–Trinajstić information content (AvgIpc) is 3.12. The second kappa shape index (κ2) is 4.65. The first kappa shape index (κ1) is 14.4. The Labute approximate surface area is 133 Å². The summed E-state index contributed by atoms with van der Waals surface area (Å²) in [7, 11) is -0.252. The van der Waals surface area contributed by atoms with E-state index in [9.17, 15) is 0 Å². The van der Waals surface area contributed by atoms with E-state index in [1.54, 1.807) is 0 Å². The molecular formula is C17H25BN2O2. The van der Waals surface area contributed by atoms with E-state index in [0.29, 0.717) is 0 Å². The van der Waals surface area contributed by atoms with Crippen LogP contribution < -0.4 is 5.32 Å². The van der Waals surface area contributed by atoms with E-state index in [1.165, 1.54) is 29.7 Å². The van der Waals surface area contributed by atoms with Gasteiger partial charge < -0.3 is 19.2 Å². The van der Waals surface area contributed by atoms with E-state index in [2.05, 4.69) is 56.0 Å². The molecule has 1 N–H and O–H groups in total. The molecule has 22 heavy (non-hydrogen) atoms. The minimum absolute atomic E-state index is 0.252. The second-order valence-electron chi connectivity index (χ2n) is 7.91. The predicted octanol–water partition coefficient (Wildman–Crippen LogP) is 3.38. The fourth-order valence-corrected chi connectivity index (χ4v) is 3.14. The Hall–Kier alpha value is -1.20. The zero-order valence-corrected chi connectivity index (χ0v) is 14.0. The Balaban J connectivity index is 1.51. The highest BCUT2D eigenvalue weighted by Crippen LogP contribution is 2.40. The molecule has 0 unspecified atom stereocenters. The standard InChI is InChI=1S/C17H25BN2O2/c1-16(2)17(3,4)22-18(21-16)14-9-13-7-8-20(11-12-5-6-12)15(13)19-10-14/h7-8,10,12,19H,5-6,9,11H2,1-4H3. The topological polar surface area (TPSA) is 35.4 Å². The maximum absolute atomic E-state index is 6.16. The summed E-state index contributed by atoms with van der Waals surface area (Å²) in [6.07, 6.45) is 7.94. The fraction of sp³-hybridized carbons (Fsp3) is 0.647. The molecular weight excluding hydrogens is 275 g/mol. The highest BCUT2D eigenvalue weighted by atomic mass is 16.7. The molecule has 2 aliphatic heterocycles. The lowest BCUT2D eigenvalue weighted by Gasteiger charge is -2.32. The van der Waals surface area contributed by atoms with Crippen molar-refractivity contribution < 1.29 is 9.31 Å². The normalized spacial score (nSPS) is 25.6. The van der Waals surface area contributed by atoms with Crippen LogP contribution >= 0.6 is 0 Å². The van der Waals surface area contributed by atoms with Crippen LogP contribution in [-0.4, -0.2) is 22.9 Å². The number of nitrogens with one attached hydrogen (secondary N) is 1. The van der Waals surface area contributed by atoms with Crippen molar-refractivity contribution in [2.24, 2.45) is 5.92 Å². The molecule has 1 saturated carbocycles. The number of aromatic nitrogens is 1. The molecule has 0 bridgehead atoms. The molecule has 0 spiro atoms. The lowest BCUT2D eigenvalue weighted by atomic mass is 9.74. The number of allylic oxidation sites excluding steroid dienone is 1. The van der Waals surface area contributed by atoms with Gasteiger partial charge in [-0.2, -0.15) is 0 Å². The van der Waals surface area contributed by atoms with Crippen LogP contribution in [0.3, 0.4) is 0 Å². The summed E-state index contributed by atoms with van der Waals surface area (Å²) in [4.78, 5) is 0. The molecule has 118 valence electrons. The molecule has 1 aromatic rings. The average molecular weight is 300 g/mol. The molecule has 4 rings (SSSR count). The van der Waals surface area contributed by atoms with Gasteiger partial charge in [0.2, 0.25) is 0 Å². The number of fused-ring (bicyclic) bond motifs is 1. The SMILES string of the molecule is CC1(C)OB(C2=CNc3c(ccn3CC3CC3)C2)OC1(C)C. The number of hydrogen-bond acceptors (Lipinski definition) is 3.